The molecule has 1 aromatic carbocycles. The molecule has 1 aliphatic rings. The van der Waals surface area contributed by atoms with E-state index in [0.29, 0.717) is 76.2 Å². The topological polar surface area (TPSA) is 110 Å². The third kappa shape index (κ3) is 5.55. The molecule has 1 fully saturated rings. The van der Waals surface area contributed by atoms with Gasteiger partial charge in [0.05, 0.1) is 66.1 Å². The molecule has 0 unspecified atom stereocenters. The molecule has 0 radical (unpaired) electrons. The number of hydrogen-bond acceptors (Lipinski definition) is 7. The number of aromatic nitrogens is 4. The van der Waals surface area contributed by atoms with Crippen LogP contribution in [-0.4, -0.2) is 53.2 Å². The Bertz CT molecular complexity index is 1680. The minimum atomic E-state index is -0.391. The summed E-state index contributed by atoms with van der Waals surface area (Å²) in [6, 6.07) is 5.18. The number of halogens is 2. The van der Waals surface area contributed by atoms with Crippen molar-refractivity contribution in [3.8, 4) is 34.1 Å². The van der Waals surface area contributed by atoms with Crippen LogP contribution in [0, 0.1) is 5.92 Å². The second-order valence-electron chi connectivity index (χ2n) is 9.65. The maximum atomic E-state index is 14.2. The molecule has 0 spiro atoms. The van der Waals surface area contributed by atoms with Gasteiger partial charge in [0.1, 0.15) is 17.2 Å². The zero-order chi connectivity index (χ0) is 29.3. The van der Waals surface area contributed by atoms with Crippen molar-refractivity contribution in [2.24, 2.45) is 5.92 Å². The summed E-state index contributed by atoms with van der Waals surface area (Å²) in [5.74, 6) is 0.726. The second-order valence-corrected chi connectivity index (χ2v) is 10.4. The van der Waals surface area contributed by atoms with E-state index in [4.69, 9.17) is 37.4 Å². The molecule has 1 amide bonds. The summed E-state index contributed by atoms with van der Waals surface area (Å²) in [5.41, 5.74) is 2.21. The van der Waals surface area contributed by atoms with Gasteiger partial charge in [0, 0.05) is 36.9 Å². The van der Waals surface area contributed by atoms with Crippen molar-refractivity contribution in [3.05, 3.63) is 63.6 Å². The van der Waals surface area contributed by atoms with Crippen molar-refractivity contribution in [2.45, 2.75) is 25.9 Å². The number of carbonyl (C=O) groups excluding carboxylic acids is 1. The minimum absolute atomic E-state index is 0.221. The van der Waals surface area contributed by atoms with Crippen LogP contribution in [0.4, 0.5) is 5.69 Å². The number of hydrogen-bond donors (Lipinski definition) is 1. The highest BCUT2D eigenvalue weighted by molar-refractivity contribution is 6.41. The van der Waals surface area contributed by atoms with Gasteiger partial charge in [-0.2, -0.15) is 5.10 Å². The zero-order valence-corrected chi connectivity index (χ0v) is 24.4. The smallest absolute Gasteiger partial charge is 0.259 e. The van der Waals surface area contributed by atoms with Crippen molar-refractivity contribution in [2.75, 3.05) is 33.3 Å². The number of anilines is 1. The third-order valence-electron chi connectivity index (χ3n) is 6.99. The average Bonchev–Trinajstić information content (AvgIpc) is 3.72. The average molecular weight is 598 g/mol. The van der Waals surface area contributed by atoms with Gasteiger partial charge in [-0.3, -0.25) is 19.3 Å². The zero-order valence-electron chi connectivity index (χ0n) is 22.9. The number of amides is 1. The van der Waals surface area contributed by atoms with Crippen molar-refractivity contribution in [1.29, 1.82) is 0 Å². The van der Waals surface area contributed by atoms with E-state index < -0.39 is 5.91 Å². The summed E-state index contributed by atoms with van der Waals surface area (Å²) >= 11 is 13.5. The Kier molecular flexibility index (Phi) is 8.35. The number of benzene rings is 1. The van der Waals surface area contributed by atoms with Crippen LogP contribution in [-0.2, 0) is 22.6 Å². The lowest BCUT2D eigenvalue weighted by Crippen LogP contribution is -2.23. The Morgan fingerprint density at radius 1 is 1.12 bits per heavy atom. The van der Waals surface area contributed by atoms with Crippen LogP contribution in [0.3, 0.4) is 0 Å². The molecule has 3 aromatic heterocycles. The molecular weight excluding hydrogens is 569 g/mol. The van der Waals surface area contributed by atoms with Gasteiger partial charge in [0.25, 0.3) is 5.56 Å². The van der Waals surface area contributed by atoms with Crippen molar-refractivity contribution in [3.63, 3.8) is 0 Å². The van der Waals surface area contributed by atoms with E-state index in [1.165, 1.54) is 26.5 Å². The molecule has 4 aromatic rings. The predicted molar refractivity (Wildman–Crippen MR) is 159 cm³/mol. The molecule has 1 saturated carbocycles. The number of nitrogens with one attached hydrogen (secondary N) is 1. The van der Waals surface area contributed by atoms with Crippen LogP contribution in [0.25, 0.3) is 33.4 Å². The van der Waals surface area contributed by atoms with Crippen molar-refractivity contribution >= 4 is 45.6 Å². The van der Waals surface area contributed by atoms with Crippen LogP contribution < -0.4 is 20.3 Å². The normalized spacial score (nSPS) is 12.9. The Labute approximate surface area is 246 Å². The lowest BCUT2D eigenvalue weighted by molar-refractivity contribution is -0.111. The first kappa shape index (κ1) is 28.7. The van der Waals surface area contributed by atoms with Gasteiger partial charge in [0.2, 0.25) is 5.91 Å². The number of methoxy groups -OCH3 is 3. The lowest BCUT2D eigenvalue weighted by Gasteiger charge is -2.19. The number of pyridine rings is 2. The van der Waals surface area contributed by atoms with E-state index >= 15 is 0 Å². The summed E-state index contributed by atoms with van der Waals surface area (Å²) < 4.78 is 19.6. The molecule has 0 saturated heterocycles. The molecule has 12 heteroatoms. The fourth-order valence-electron chi connectivity index (χ4n) is 4.71. The SMILES string of the molecule is C=CC(=O)Nc1cnn(CCOC)c1-c1cc2c(=O)n(CC3CC3)c(-c3c(Cl)c(OC)cc(OC)c3Cl)cc2cn1. The minimum Gasteiger partial charge on any atom is -0.495 e. The quantitative estimate of drug-likeness (QED) is 0.229. The van der Waals surface area contributed by atoms with Gasteiger partial charge in [-0.05, 0) is 37.0 Å². The first-order valence-electron chi connectivity index (χ1n) is 12.9. The number of rotatable bonds is 11. The summed E-state index contributed by atoms with van der Waals surface area (Å²) in [6.45, 7) is 4.82. The number of fused-ring (bicyclic) bond motifs is 1. The van der Waals surface area contributed by atoms with E-state index in [-0.39, 0.29) is 15.6 Å². The summed E-state index contributed by atoms with van der Waals surface area (Å²) in [7, 11) is 4.60. The maximum absolute atomic E-state index is 14.2. The summed E-state index contributed by atoms with van der Waals surface area (Å²) in [5, 5.41) is 8.76. The first-order valence-corrected chi connectivity index (χ1v) is 13.7. The van der Waals surface area contributed by atoms with Gasteiger partial charge in [-0.15, -0.1) is 0 Å². The predicted octanol–water partition coefficient (Wildman–Crippen LogP) is 5.43. The lowest BCUT2D eigenvalue weighted by atomic mass is 10.0. The Balaban J connectivity index is 1.73. The second kappa shape index (κ2) is 11.9. The first-order chi connectivity index (χ1) is 19.8. The summed E-state index contributed by atoms with van der Waals surface area (Å²) in [6.07, 6.45) is 6.38. The molecule has 10 nitrogen and oxygen atoms in total. The maximum Gasteiger partial charge on any atom is 0.259 e. The van der Waals surface area contributed by atoms with E-state index in [0.717, 1.165) is 12.8 Å². The third-order valence-corrected chi connectivity index (χ3v) is 7.74. The standard InChI is InChI=1S/C29H29Cl2N5O5/c1-5-24(37)34-20-14-33-36(8-9-39-2)28(20)19-11-18-17(13-32-19)10-21(35(29(18)38)15-16-6-7-16)25-26(30)22(40-3)12-23(41-4)27(25)31/h5,10-14,16H,1,6-9,15H2,2-4H3,(H,34,37). The highest BCUT2D eigenvalue weighted by Crippen LogP contribution is 2.46. The van der Waals surface area contributed by atoms with Gasteiger partial charge in [0.15, 0.2) is 0 Å². The highest BCUT2D eigenvalue weighted by Gasteiger charge is 2.28. The molecule has 1 N–H and O–H groups in total. The van der Waals surface area contributed by atoms with Gasteiger partial charge < -0.3 is 24.1 Å². The van der Waals surface area contributed by atoms with Gasteiger partial charge in [-0.1, -0.05) is 29.8 Å². The molecule has 5 rings (SSSR count). The van der Waals surface area contributed by atoms with Gasteiger partial charge >= 0.3 is 0 Å². The molecule has 0 bridgehead atoms. The number of ether oxygens (including phenoxy) is 3. The van der Waals surface area contributed by atoms with Crippen LogP contribution in [0.5, 0.6) is 11.5 Å². The van der Waals surface area contributed by atoms with Crippen LogP contribution in [0.15, 0.2) is 48.0 Å². The number of carbonyl (C=O) groups is 1. The highest BCUT2D eigenvalue weighted by atomic mass is 35.5. The molecule has 41 heavy (non-hydrogen) atoms. The van der Waals surface area contributed by atoms with Crippen molar-refractivity contribution < 1.29 is 19.0 Å². The molecule has 214 valence electrons. The van der Waals surface area contributed by atoms with E-state index in [1.807, 2.05) is 6.07 Å². The molecule has 1 aliphatic carbocycles. The molecular formula is C29H29Cl2N5O5. The van der Waals surface area contributed by atoms with Crippen molar-refractivity contribution in [1.82, 2.24) is 19.3 Å². The van der Waals surface area contributed by atoms with E-state index in [2.05, 4.69) is 22.0 Å². The van der Waals surface area contributed by atoms with Gasteiger partial charge in [-0.25, -0.2) is 0 Å². The molecule has 3 heterocycles. The fourth-order valence-corrected chi connectivity index (χ4v) is 5.41. The van der Waals surface area contributed by atoms with Crippen LogP contribution in [0.2, 0.25) is 10.0 Å². The van der Waals surface area contributed by atoms with Crippen LogP contribution in [0.1, 0.15) is 12.8 Å². The van der Waals surface area contributed by atoms with E-state index in [1.54, 1.807) is 34.7 Å². The Hall–Kier alpha value is -3.86. The van der Waals surface area contributed by atoms with E-state index in [9.17, 15) is 9.59 Å². The largest absolute Gasteiger partial charge is 0.495 e. The molecule has 0 aliphatic heterocycles. The van der Waals surface area contributed by atoms with Crippen LogP contribution >= 0.6 is 23.2 Å². The molecule has 0 atom stereocenters. The Morgan fingerprint density at radius 2 is 1.83 bits per heavy atom. The fraction of sp³-hybridized carbons (Fsp3) is 0.310. The number of nitrogens with zero attached hydrogens (tertiary/aromatic N) is 4. The monoisotopic (exact) mass is 597 g/mol. The summed E-state index contributed by atoms with van der Waals surface area (Å²) in [4.78, 5) is 30.9. The Morgan fingerprint density at radius 3 is 2.44 bits per heavy atom.